The number of nitrogens with two attached hydrogens (primary N) is 1. The zero-order chi connectivity index (χ0) is 14.8. The number of imide groups is 1. The normalized spacial score (nSPS) is 24.5. The molecule has 7 nitrogen and oxygen atoms in total. The topological polar surface area (TPSA) is 101 Å². The molecule has 3 N–H and O–H groups in total. The zero-order valence-electron chi connectivity index (χ0n) is 11.3. The van der Waals surface area contributed by atoms with E-state index in [0.29, 0.717) is 16.5 Å². The monoisotopic (exact) mass is 305 g/mol. The number of carbonyl (C=O) groups is 2. The molecule has 1 aromatic rings. The Kier molecular flexibility index (Phi) is 3.89. The van der Waals surface area contributed by atoms with Gasteiger partial charge in [0.1, 0.15) is 0 Å². The number of piperidine rings is 1. The molecule has 1 atom stereocenters. The van der Waals surface area contributed by atoms with Crippen molar-refractivity contribution in [3.05, 3.63) is 22.9 Å². The van der Waals surface area contributed by atoms with Crippen molar-refractivity contribution in [1.82, 2.24) is 15.3 Å². The molecule has 1 aromatic heterocycles. The number of thioether (sulfide) groups is 1. The first-order valence-electron chi connectivity index (χ1n) is 6.70. The van der Waals surface area contributed by atoms with Gasteiger partial charge in [0.15, 0.2) is 0 Å². The Balaban J connectivity index is 1.82. The van der Waals surface area contributed by atoms with Crippen molar-refractivity contribution in [3.63, 3.8) is 0 Å². The highest BCUT2D eigenvalue weighted by atomic mass is 32.2. The molecule has 0 aromatic carbocycles. The second-order valence-electron chi connectivity index (χ2n) is 4.98. The van der Waals surface area contributed by atoms with Crippen molar-refractivity contribution in [2.45, 2.75) is 18.9 Å². The average Bonchev–Trinajstić information content (AvgIpc) is 2.77. The fraction of sp³-hybridized carbons (Fsp3) is 0.385. The molecule has 2 aliphatic heterocycles. The van der Waals surface area contributed by atoms with Gasteiger partial charge in [0.25, 0.3) is 11.1 Å². The van der Waals surface area contributed by atoms with Crippen molar-refractivity contribution in [3.8, 4) is 0 Å². The Hall–Kier alpha value is -1.93. The van der Waals surface area contributed by atoms with Crippen LogP contribution in [-0.2, 0) is 4.79 Å². The molecule has 8 heteroatoms. The Morgan fingerprint density at radius 1 is 1.48 bits per heavy atom. The third-order valence-electron chi connectivity index (χ3n) is 3.33. The van der Waals surface area contributed by atoms with Crippen molar-refractivity contribution in [2.24, 2.45) is 5.73 Å². The molecule has 2 fully saturated rings. The molecule has 0 spiro atoms. The van der Waals surface area contributed by atoms with Crippen molar-refractivity contribution >= 4 is 34.9 Å². The standard InChI is InChI=1S/C13H15N5O2S/c14-8-2-1-5-18(7-8)12-15-4-3-9(16-12)6-10-11(19)17-13(20)21-10/h3-4,6,8H,1-2,5,7,14H2,(H,17,19,20)/b10-6+. The second-order valence-corrected chi connectivity index (χ2v) is 6.00. The average molecular weight is 305 g/mol. The summed E-state index contributed by atoms with van der Waals surface area (Å²) in [6, 6.07) is 1.84. The minimum absolute atomic E-state index is 0.137. The largest absolute Gasteiger partial charge is 0.339 e. The lowest BCUT2D eigenvalue weighted by Crippen LogP contribution is -2.43. The predicted octanol–water partition coefficient (Wildman–Crippen LogP) is 0.728. The van der Waals surface area contributed by atoms with Gasteiger partial charge in [-0.1, -0.05) is 0 Å². The third kappa shape index (κ3) is 3.22. The van der Waals surface area contributed by atoms with Crippen LogP contribution in [-0.4, -0.2) is 40.2 Å². The molecular formula is C13H15N5O2S. The van der Waals surface area contributed by atoms with Gasteiger partial charge in [-0.05, 0) is 36.7 Å². The van der Waals surface area contributed by atoms with E-state index in [-0.39, 0.29) is 17.2 Å². The van der Waals surface area contributed by atoms with Crippen LogP contribution < -0.4 is 16.0 Å². The van der Waals surface area contributed by atoms with Gasteiger partial charge in [0, 0.05) is 25.3 Å². The summed E-state index contributed by atoms with van der Waals surface area (Å²) in [4.78, 5) is 33.8. The first-order valence-corrected chi connectivity index (χ1v) is 7.52. The van der Waals surface area contributed by atoms with Gasteiger partial charge in [-0.15, -0.1) is 0 Å². The van der Waals surface area contributed by atoms with E-state index in [1.165, 1.54) is 0 Å². The number of hydrogen-bond acceptors (Lipinski definition) is 7. The molecule has 0 saturated carbocycles. The van der Waals surface area contributed by atoms with Crippen molar-refractivity contribution in [2.75, 3.05) is 18.0 Å². The summed E-state index contributed by atoms with van der Waals surface area (Å²) >= 11 is 0.878. The maximum absolute atomic E-state index is 11.5. The van der Waals surface area contributed by atoms with Gasteiger partial charge in [0.2, 0.25) is 5.95 Å². The van der Waals surface area contributed by atoms with E-state index >= 15 is 0 Å². The summed E-state index contributed by atoms with van der Waals surface area (Å²) in [5, 5.41) is 1.86. The fourth-order valence-electron chi connectivity index (χ4n) is 2.34. The predicted molar refractivity (Wildman–Crippen MR) is 80.6 cm³/mol. The Morgan fingerprint density at radius 3 is 3.05 bits per heavy atom. The molecule has 0 radical (unpaired) electrons. The van der Waals surface area contributed by atoms with Crippen LogP contribution >= 0.6 is 11.8 Å². The van der Waals surface area contributed by atoms with Gasteiger partial charge in [0.05, 0.1) is 10.6 Å². The molecule has 0 bridgehead atoms. The molecule has 3 heterocycles. The van der Waals surface area contributed by atoms with Crippen molar-refractivity contribution in [1.29, 1.82) is 0 Å². The third-order valence-corrected chi connectivity index (χ3v) is 4.14. The number of nitrogens with zero attached hydrogens (tertiary/aromatic N) is 3. The van der Waals surface area contributed by atoms with Crippen LogP contribution in [0.4, 0.5) is 10.7 Å². The lowest BCUT2D eigenvalue weighted by molar-refractivity contribution is -0.115. The highest BCUT2D eigenvalue weighted by Gasteiger charge is 2.25. The number of hydrogen-bond donors (Lipinski definition) is 2. The first-order chi connectivity index (χ1) is 10.1. The quantitative estimate of drug-likeness (QED) is 0.777. The van der Waals surface area contributed by atoms with Crippen LogP contribution in [0.2, 0.25) is 0 Å². The molecule has 2 saturated heterocycles. The second kappa shape index (κ2) is 5.82. The molecule has 110 valence electrons. The lowest BCUT2D eigenvalue weighted by atomic mass is 10.1. The van der Waals surface area contributed by atoms with E-state index in [1.807, 2.05) is 4.90 Å². The van der Waals surface area contributed by atoms with E-state index < -0.39 is 0 Å². The molecule has 1 unspecified atom stereocenters. The fourth-order valence-corrected chi connectivity index (χ4v) is 3.01. The van der Waals surface area contributed by atoms with E-state index in [9.17, 15) is 9.59 Å². The van der Waals surface area contributed by atoms with E-state index in [2.05, 4.69) is 15.3 Å². The number of carbonyl (C=O) groups excluding carboxylic acids is 2. The van der Waals surface area contributed by atoms with Crippen LogP contribution in [0.5, 0.6) is 0 Å². The van der Waals surface area contributed by atoms with Crippen LogP contribution in [0.25, 0.3) is 6.08 Å². The van der Waals surface area contributed by atoms with Crippen LogP contribution in [0, 0.1) is 0 Å². The van der Waals surface area contributed by atoms with E-state index in [0.717, 1.165) is 37.7 Å². The number of anilines is 1. The summed E-state index contributed by atoms with van der Waals surface area (Å²) in [6.07, 6.45) is 5.27. The first kappa shape index (κ1) is 14.0. The molecule has 21 heavy (non-hydrogen) atoms. The molecule has 2 amide bonds. The smallest absolute Gasteiger partial charge is 0.290 e. The number of nitrogens with one attached hydrogen (secondary N) is 1. The Bertz CT molecular complexity index is 618. The summed E-state index contributed by atoms with van der Waals surface area (Å²) < 4.78 is 0. The molecule has 2 aliphatic rings. The van der Waals surface area contributed by atoms with Gasteiger partial charge in [-0.25, -0.2) is 9.97 Å². The van der Waals surface area contributed by atoms with Crippen LogP contribution in [0.3, 0.4) is 0 Å². The van der Waals surface area contributed by atoms with Gasteiger partial charge < -0.3 is 10.6 Å². The van der Waals surface area contributed by atoms with Gasteiger partial charge >= 0.3 is 0 Å². The van der Waals surface area contributed by atoms with Gasteiger partial charge in [-0.3, -0.25) is 14.9 Å². The number of rotatable bonds is 2. The van der Waals surface area contributed by atoms with E-state index in [4.69, 9.17) is 5.73 Å². The minimum atomic E-state index is -0.384. The maximum Gasteiger partial charge on any atom is 0.290 e. The minimum Gasteiger partial charge on any atom is -0.339 e. The molecule has 0 aliphatic carbocycles. The highest BCUT2D eigenvalue weighted by Crippen LogP contribution is 2.25. The number of aromatic nitrogens is 2. The zero-order valence-corrected chi connectivity index (χ0v) is 12.1. The lowest BCUT2D eigenvalue weighted by Gasteiger charge is -2.30. The Labute approximate surface area is 126 Å². The van der Waals surface area contributed by atoms with Crippen molar-refractivity contribution < 1.29 is 9.59 Å². The Morgan fingerprint density at radius 2 is 2.33 bits per heavy atom. The van der Waals surface area contributed by atoms with Gasteiger partial charge in [-0.2, -0.15) is 0 Å². The summed E-state index contributed by atoms with van der Waals surface area (Å²) in [5.41, 5.74) is 6.57. The van der Waals surface area contributed by atoms with E-state index in [1.54, 1.807) is 18.3 Å². The maximum atomic E-state index is 11.5. The molecular weight excluding hydrogens is 290 g/mol. The van der Waals surface area contributed by atoms with Crippen LogP contribution in [0.15, 0.2) is 17.2 Å². The molecule has 3 rings (SSSR count). The summed E-state index contributed by atoms with van der Waals surface area (Å²) in [7, 11) is 0. The van der Waals surface area contributed by atoms with Crippen LogP contribution in [0.1, 0.15) is 18.5 Å². The summed E-state index contributed by atoms with van der Waals surface area (Å²) in [6.45, 7) is 1.61. The highest BCUT2D eigenvalue weighted by molar-refractivity contribution is 8.18. The summed E-state index contributed by atoms with van der Waals surface area (Å²) in [5.74, 6) is 0.222. The SMILES string of the molecule is NC1CCCN(c2nccc(/C=C3/SC(=O)NC3=O)n2)C1. The number of amides is 2.